The van der Waals surface area contributed by atoms with E-state index in [1.165, 1.54) is 19.4 Å². The molecule has 0 aromatic heterocycles. The summed E-state index contributed by atoms with van der Waals surface area (Å²) in [6.45, 7) is 3.78. The number of nitrogens with zero attached hydrogens (tertiary/aromatic N) is 1. The first-order valence-electron chi connectivity index (χ1n) is 8.32. The van der Waals surface area contributed by atoms with Crippen molar-refractivity contribution in [1.29, 1.82) is 5.41 Å². The van der Waals surface area contributed by atoms with Crippen LogP contribution in [0.4, 0.5) is 5.69 Å². The maximum atomic E-state index is 12.3. The molecule has 1 aliphatic rings. The van der Waals surface area contributed by atoms with Crippen LogP contribution in [0, 0.1) is 5.41 Å². The highest BCUT2D eigenvalue weighted by molar-refractivity contribution is 7.90. The van der Waals surface area contributed by atoms with Crippen molar-refractivity contribution in [2.24, 2.45) is 0 Å². The second-order valence-corrected chi connectivity index (χ2v) is 8.37. The number of sulfone groups is 1. The van der Waals surface area contributed by atoms with Crippen molar-refractivity contribution in [1.82, 2.24) is 10.6 Å². The molecule has 1 amide bonds. The van der Waals surface area contributed by atoms with Crippen LogP contribution in [0.5, 0.6) is 0 Å². The van der Waals surface area contributed by atoms with Crippen molar-refractivity contribution in [3.8, 4) is 0 Å². The van der Waals surface area contributed by atoms with E-state index in [2.05, 4.69) is 10.6 Å². The molecule has 1 saturated heterocycles. The highest BCUT2D eigenvalue weighted by atomic mass is 32.2. The molecule has 1 aliphatic heterocycles. The van der Waals surface area contributed by atoms with E-state index >= 15 is 0 Å². The molecule has 3 N–H and O–H groups in total. The smallest absolute Gasteiger partial charge is 0.245 e. The van der Waals surface area contributed by atoms with Gasteiger partial charge >= 0.3 is 0 Å². The second-order valence-electron chi connectivity index (χ2n) is 6.38. The molecule has 9 heteroatoms. The number of hydrogen-bond acceptors (Lipinski definition) is 7. The van der Waals surface area contributed by atoms with Gasteiger partial charge in [-0.15, -0.1) is 0 Å². The van der Waals surface area contributed by atoms with Crippen molar-refractivity contribution in [3.63, 3.8) is 0 Å². The quantitative estimate of drug-likeness (QED) is 0.598. The van der Waals surface area contributed by atoms with Crippen LogP contribution in [0.15, 0.2) is 23.1 Å². The van der Waals surface area contributed by atoms with E-state index in [0.717, 1.165) is 0 Å². The molecule has 1 atom stereocenters. The Kier molecular flexibility index (Phi) is 6.05. The maximum absolute atomic E-state index is 12.3. The lowest BCUT2D eigenvalue weighted by atomic mass is 9.89. The fourth-order valence-electron chi connectivity index (χ4n) is 2.93. The highest BCUT2D eigenvalue weighted by Crippen LogP contribution is 2.29. The molecule has 26 heavy (non-hydrogen) atoms. The van der Waals surface area contributed by atoms with Gasteiger partial charge in [-0.1, -0.05) is 6.07 Å². The third-order valence-electron chi connectivity index (χ3n) is 4.68. The lowest BCUT2D eigenvalue weighted by Crippen LogP contribution is -2.58. The summed E-state index contributed by atoms with van der Waals surface area (Å²) in [4.78, 5) is 14.4. The van der Waals surface area contributed by atoms with Crippen molar-refractivity contribution < 1.29 is 17.9 Å². The number of ether oxygens (including phenoxy) is 1. The minimum absolute atomic E-state index is 0.0638. The fourth-order valence-corrected chi connectivity index (χ4v) is 3.81. The van der Waals surface area contributed by atoms with E-state index < -0.39 is 15.4 Å². The van der Waals surface area contributed by atoms with E-state index in [1.807, 2.05) is 4.90 Å². The number of carbonyl (C=O) groups is 1. The summed E-state index contributed by atoms with van der Waals surface area (Å²) in [5.41, 5.74) is -0.148. The maximum Gasteiger partial charge on any atom is 0.245 e. The molecule has 2 rings (SSSR count). The van der Waals surface area contributed by atoms with Crippen LogP contribution in [0.25, 0.3) is 0 Å². The summed E-state index contributed by atoms with van der Waals surface area (Å²) in [5.74, 6) is -0.342. The zero-order valence-electron chi connectivity index (χ0n) is 15.5. The van der Waals surface area contributed by atoms with Crippen LogP contribution in [0.1, 0.15) is 12.5 Å². The molecule has 0 saturated carbocycles. The van der Waals surface area contributed by atoms with Crippen molar-refractivity contribution in [3.05, 3.63) is 23.8 Å². The van der Waals surface area contributed by atoms with Crippen molar-refractivity contribution in [2.45, 2.75) is 17.4 Å². The van der Waals surface area contributed by atoms with Crippen LogP contribution in [-0.2, 0) is 19.4 Å². The average Bonchev–Trinajstić information content (AvgIpc) is 2.65. The summed E-state index contributed by atoms with van der Waals surface area (Å²) >= 11 is 0. The molecule has 1 heterocycles. The van der Waals surface area contributed by atoms with Gasteiger partial charge in [-0.2, -0.15) is 0 Å². The Labute approximate surface area is 154 Å². The monoisotopic (exact) mass is 382 g/mol. The first-order chi connectivity index (χ1) is 12.1. The van der Waals surface area contributed by atoms with Gasteiger partial charge < -0.3 is 25.7 Å². The Morgan fingerprint density at radius 1 is 1.27 bits per heavy atom. The molecule has 0 bridgehead atoms. The molecule has 1 aromatic rings. The third-order valence-corrected chi connectivity index (χ3v) is 5.82. The largest absolute Gasteiger partial charge is 0.378 e. The molecule has 144 valence electrons. The third kappa shape index (κ3) is 3.89. The Hall–Kier alpha value is -1.97. The summed E-state index contributed by atoms with van der Waals surface area (Å²) in [5, 5.41) is 14.0. The van der Waals surface area contributed by atoms with Crippen LogP contribution >= 0.6 is 0 Å². The molecule has 1 aromatic carbocycles. The zero-order chi connectivity index (χ0) is 19.5. The number of carbonyl (C=O) groups excluding carboxylic acids is 1. The number of benzene rings is 1. The Morgan fingerprint density at radius 3 is 2.38 bits per heavy atom. The SMILES string of the molecule is CNC(=O)C(C)(NC)C(=N)c1ccc(S(C)(=O)=O)c(N2CCOCC2)c1. The number of nitrogens with one attached hydrogen (secondary N) is 3. The Balaban J connectivity index is 2.54. The van der Waals surface area contributed by atoms with Crippen LogP contribution in [0.3, 0.4) is 0 Å². The van der Waals surface area contributed by atoms with Crippen LogP contribution < -0.4 is 15.5 Å². The molecule has 0 radical (unpaired) electrons. The van der Waals surface area contributed by atoms with Crippen molar-refractivity contribution in [2.75, 3.05) is 51.6 Å². The van der Waals surface area contributed by atoms with Gasteiger partial charge in [-0.25, -0.2) is 8.42 Å². The zero-order valence-corrected chi connectivity index (χ0v) is 16.4. The Morgan fingerprint density at radius 2 is 1.88 bits per heavy atom. The topological polar surface area (TPSA) is 112 Å². The van der Waals surface area contributed by atoms with Crippen LogP contribution in [-0.4, -0.2) is 72.2 Å². The molecular formula is C17H26N4O4S. The number of morpholine rings is 1. The number of likely N-dealkylation sites (N-methyl/N-ethyl adjacent to an activating group) is 2. The van der Waals surface area contributed by atoms with Gasteiger partial charge in [0.05, 0.1) is 29.5 Å². The van der Waals surface area contributed by atoms with Crippen molar-refractivity contribution >= 4 is 27.1 Å². The molecule has 0 spiro atoms. The molecule has 1 fully saturated rings. The minimum Gasteiger partial charge on any atom is -0.378 e. The van der Waals surface area contributed by atoms with E-state index in [4.69, 9.17) is 10.1 Å². The number of anilines is 1. The van der Waals surface area contributed by atoms with Gasteiger partial charge in [-0.05, 0) is 31.7 Å². The van der Waals surface area contributed by atoms with Crippen LogP contribution in [0.2, 0.25) is 0 Å². The van der Waals surface area contributed by atoms with Gasteiger partial charge in [0.1, 0.15) is 5.54 Å². The first kappa shape index (κ1) is 20.3. The lowest BCUT2D eigenvalue weighted by Gasteiger charge is -2.32. The van der Waals surface area contributed by atoms with Gasteiger partial charge in [0.25, 0.3) is 0 Å². The van der Waals surface area contributed by atoms with Gasteiger partial charge in [-0.3, -0.25) is 4.79 Å². The van der Waals surface area contributed by atoms with E-state index in [1.54, 1.807) is 26.1 Å². The first-order valence-corrected chi connectivity index (χ1v) is 10.2. The normalized spacial score (nSPS) is 17.5. The second kappa shape index (κ2) is 7.73. The van der Waals surface area contributed by atoms with Gasteiger partial charge in [0, 0.05) is 26.4 Å². The average molecular weight is 382 g/mol. The predicted octanol–water partition coefficient (Wildman–Crippen LogP) is 0.0187. The summed E-state index contributed by atoms with van der Waals surface area (Å²) < 4.78 is 29.7. The highest BCUT2D eigenvalue weighted by Gasteiger charge is 2.37. The number of hydrogen-bond donors (Lipinski definition) is 3. The summed E-state index contributed by atoms with van der Waals surface area (Å²) in [7, 11) is -0.315. The molecule has 1 unspecified atom stereocenters. The fraction of sp³-hybridized carbons (Fsp3) is 0.529. The minimum atomic E-state index is -3.44. The van der Waals surface area contributed by atoms with Gasteiger partial charge in [0.15, 0.2) is 9.84 Å². The molecule has 8 nitrogen and oxygen atoms in total. The van der Waals surface area contributed by atoms with E-state index in [9.17, 15) is 13.2 Å². The standard InChI is InChI=1S/C17H26N4O4S/c1-17(20-3,16(22)19-2)15(18)12-5-6-14(26(4,23)24)13(11-12)21-7-9-25-10-8-21/h5-6,11,18,20H,7-10H2,1-4H3,(H,19,22). The summed E-state index contributed by atoms with van der Waals surface area (Å²) in [6.07, 6.45) is 1.17. The lowest BCUT2D eigenvalue weighted by molar-refractivity contribution is -0.123. The molecule has 0 aliphatic carbocycles. The molecular weight excluding hydrogens is 356 g/mol. The van der Waals surface area contributed by atoms with Gasteiger partial charge in [0.2, 0.25) is 5.91 Å². The Bertz CT molecular complexity index is 803. The number of amides is 1. The number of rotatable bonds is 6. The van der Waals surface area contributed by atoms with E-state index in [-0.39, 0.29) is 16.5 Å². The van der Waals surface area contributed by atoms with E-state index in [0.29, 0.717) is 37.6 Å². The predicted molar refractivity (Wildman–Crippen MR) is 101 cm³/mol. The summed E-state index contributed by atoms with van der Waals surface area (Å²) in [6, 6.07) is 4.74.